The van der Waals surface area contributed by atoms with Gasteiger partial charge in [-0.2, -0.15) is 0 Å². The summed E-state index contributed by atoms with van der Waals surface area (Å²) in [5, 5.41) is 3.20. The van der Waals surface area contributed by atoms with Crippen molar-refractivity contribution in [1.29, 1.82) is 0 Å². The first-order valence-corrected chi connectivity index (χ1v) is 5.08. The molecule has 2 nitrogen and oxygen atoms in total. The van der Waals surface area contributed by atoms with Crippen LogP contribution in [-0.4, -0.2) is 12.1 Å². The lowest BCUT2D eigenvalue weighted by atomic mass is 10.1. The lowest BCUT2D eigenvalue weighted by Crippen LogP contribution is -1.93. The van der Waals surface area contributed by atoms with Crippen molar-refractivity contribution in [3.63, 3.8) is 0 Å². The van der Waals surface area contributed by atoms with Crippen molar-refractivity contribution >= 4 is 21.6 Å². The molecule has 0 spiro atoms. The molecule has 0 radical (unpaired) electrons. The van der Waals surface area contributed by atoms with Crippen LogP contribution >= 0.6 is 15.9 Å². The molecule has 0 saturated carbocycles. The van der Waals surface area contributed by atoms with E-state index in [0.717, 1.165) is 29.9 Å². The number of halogens is 1. The zero-order valence-electron chi connectivity index (χ0n) is 6.64. The van der Waals surface area contributed by atoms with Gasteiger partial charge in [-0.05, 0) is 23.8 Å². The monoisotopic (exact) mass is 227 g/mol. The molecule has 0 amide bonds. The summed E-state index contributed by atoms with van der Waals surface area (Å²) in [5.74, 6) is 1.04. The second-order valence-electron chi connectivity index (χ2n) is 2.73. The van der Waals surface area contributed by atoms with Gasteiger partial charge in [-0.15, -0.1) is 0 Å². The first kappa shape index (κ1) is 7.92. The quantitative estimate of drug-likeness (QED) is 0.619. The Hall–Kier alpha value is -0.700. The van der Waals surface area contributed by atoms with E-state index in [-0.39, 0.29) is 0 Å². The molecule has 0 fully saturated rings. The Kier molecular flexibility index (Phi) is 2.21. The predicted molar refractivity (Wildman–Crippen MR) is 53.1 cm³/mol. The summed E-state index contributed by atoms with van der Waals surface area (Å²) in [6, 6.07) is 6.20. The van der Waals surface area contributed by atoms with E-state index < -0.39 is 0 Å². The molecule has 1 aromatic carbocycles. The standard InChI is InChI=1S/C9H10BrNO/c10-6-11-8-1-2-9-7(5-8)3-4-12-9/h1-2,5,11H,3-4,6H2. The molecule has 0 aromatic heterocycles. The van der Waals surface area contributed by atoms with Crippen LogP contribution in [0.25, 0.3) is 0 Å². The highest BCUT2D eigenvalue weighted by Crippen LogP contribution is 2.27. The van der Waals surface area contributed by atoms with Gasteiger partial charge in [0.1, 0.15) is 5.75 Å². The molecule has 0 aliphatic carbocycles. The Labute approximate surface area is 80.1 Å². The summed E-state index contributed by atoms with van der Waals surface area (Å²) in [4.78, 5) is 0. The van der Waals surface area contributed by atoms with E-state index in [9.17, 15) is 0 Å². The van der Waals surface area contributed by atoms with Gasteiger partial charge in [0.25, 0.3) is 0 Å². The maximum absolute atomic E-state index is 5.39. The molecular weight excluding hydrogens is 218 g/mol. The Balaban J connectivity index is 2.26. The summed E-state index contributed by atoms with van der Waals surface area (Å²) in [6.07, 6.45) is 1.03. The highest BCUT2D eigenvalue weighted by molar-refractivity contribution is 9.09. The van der Waals surface area contributed by atoms with Gasteiger partial charge in [0, 0.05) is 12.1 Å². The fourth-order valence-corrected chi connectivity index (χ4v) is 1.70. The summed E-state index contributed by atoms with van der Waals surface area (Å²) >= 11 is 3.32. The SMILES string of the molecule is BrCNc1ccc2c(c1)CCO2. The van der Waals surface area contributed by atoms with Gasteiger partial charge in [-0.3, -0.25) is 0 Å². The molecule has 0 saturated heterocycles. The summed E-state index contributed by atoms with van der Waals surface area (Å²) in [7, 11) is 0. The topological polar surface area (TPSA) is 21.3 Å². The van der Waals surface area contributed by atoms with E-state index in [2.05, 4.69) is 27.3 Å². The van der Waals surface area contributed by atoms with Crippen LogP contribution in [0.2, 0.25) is 0 Å². The minimum absolute atomic E-state index is 0.784. The Morgan fingerprint density at radius 3 is 3.25 bits per heavy atom. The number of alkyl halides is 1. The van der Waals surface area contributed by atoms with Crippen molar-refractivity contribution < 1.29 is 4.74 Å². The number of nitrogens with one attached hydrogen (secondary N) is 1. The van der Waals surface area contributed by atoms with Crippen LogP contribution in [0.3, 0.4) is 0 Å². The van der Waals surface area contributed by atoms with Crippen molar-refractivity contribution in [2.24, 2.45) is 0 Å². The third-order valence-electron chi connectivity index (χ3n) is 1.96. The second-order valence-corrected chi connectivity index (χ2v) is 3.29. The summed E-state index contributed by atoms with van der Waals surface area (Å²) in [6.45, 7) is 0.826. The maximum Gasteiger partial charge on any atom is 0.122 e. The van der Waals surface area contributed by atoms with Gasteiger partial charge >= 0.3 is 0 Å². The smallest absolute Gasteiger partial charge is 0.122 e. The maximum atomic E-state index is 5.39. The first-order chi connectivity index (χ1) is 5.90. The molecule has 1 heterocycles. The summed E-state index contributed by atoms with van der Waals surface area (Å²) < 4.78 is 5.39. The van der Waals surface area contributed by atoms with Crippen LogP contribution in [0.5, 0.6) is 5.75 Å². The Morgan fingerprint density at radius 1 is 1.50 bits per heavy atom. The molecule has 1 aliphatic rings. The van der Waals surface area contributed by atoms with E-state index in [1.165, 1.54) is 5.56 Å². The van der Waals surface area contributed by atoms with Crippen molar-refractivity contribution in [1.82, 2.24) is 0 Å². The van der Waals surface area contributed by atoms with Gasteiger partial charge < -0.3 is 10.1 Å². The van der Waals surface area contributed by atoms with Gasteiger partial charge in [-0.1, -0.05) is 15.9 Å². The zero-order chi connectivity index (χ0) is 8.39. The van der Waals surface area contributed by atoms with Crippen LogP contribution in [0.4, 0.5) is 5.69 Å². The second kappa shape index (κ2) is 3.35. The number of hydrogen-bond donors (Lipinski definition) is 1. The number of benzene rings is 1. The van der Waals surface area contributed by atoms with Crippen molar-refractivity contribution in [2.45, 2.75) is 6.42 Å². The third-order valence-corrected chi connectivity index (χ3v) is 2.24. The summed E-state index contributed by atoms with van der Waals surface area (Å²) in [5.41, 5.74) is 3.24. The molecule has 1 aliphatic heterocycles. The van der Waals surface area contributed by atoms with E-state index in [0.29, 0.717) is 0 Å². The number of anilines is 1. The van der Waals surface area contributed by atoms with Crippen molar-refractivity contribution in [3.8, 4) is 5.75 Å². The number of hydrogen-bond acceptors (Lipinski definition) is 2. The Morgan fingerprint density at radius 2 is 2.42 bits per heavy atom. The molecule has 3 heteroatoms. The molecule has 1 aromatic rings. The normalized spacial score (nSPS) is 13.8. The Bertz CT molecular complexity index is 288. The fourth-order valence-electron chi connectivity index (χ4n) is 1.37. The van der Waals surface area contributed by atoms with Gasteiger partial charge in [-0.25, -0.2) is 0 Å². The van der Waals surface area contributed by atoms with E-state index in [1.54, 1.807) is 0 Å². The van der Waals surface area contributed by atoms with Crippen molar-refractivity contribution in [3.05, 3.63) is 23.8 Å². The van der Waals surface area contributed by atoms with E-state index in [1.807, 2.05) is 12.1 Å². The molecule has 0 unspecified atom stereocenters. The highest BCUT2D eigenvalue weighted by atomic mass is 79.9. The fraction of sp³-hybridized carbons (Fsp3) is 0.333. The molecular formula is C9H10BrNO. The number of fused-ring (bicyclic) bond motifs is 1. The molecule has 0 atom stereocenters. The number of rotatable bonds is 2. The highest BCUT2D eigenvalue weighted by Gasteiger charge is 2.11. The van der Waals surface area contributed by atoms with Gasteiger partial charge in [0.15, 0.2) is 0 Å². The minimum atomic E-state index is 0.784. The first-order valence-electron chi connectivity index (χ1n) is 3.96. The average Bonchev–Trinajstić information content (AvgIpc) is 2.51. The molecule has 2 rings (SSSR count). The van der Waals surface area contributed by atoms with Crippen LogP contribution in [0, 0.1) is 0 Å². The molecule has 1 N–H and O–H groups in total. The molecule has 12 heavy (non-hydrogen) atoms. The van der Waals surface area contributed by atoms with Crippen LogP contribution in [-0.2, 0) is 6.42 Å². The van der Waals surface area contributed by atoms with Crippen LogP contribution in [0.1, 0.15) is 5.56 Å². The van der Waals surface area contributed by atoms with Crippen molar-refractivity contribution in [2.75, 3.05) is 17.4 Å². The molecule has 64 valence electrons. The zero-order valence-corrected chi connectivity index (χ0v) is 8.23. The molecule has 0 bridgehead atoms. The largest absolute Gasteiger partial charge is 0.493 e. The van der Waals surface area contributed by atoms with Gasteiger partial charge in [0.2, 0.25) is 0 Å². The third kappa shape index (κ3) is 1.41. The lowest BCUT2D eigenvalue weighted by Gasteiger charge is -2.03. The van der Waals surface area contributed by atoms with Crippen LogP contribution in [0.15, 0.2) is 18.2 Å². The van der Waals surface area contributed by atoms with E-state index in [4.69, 9.17) is 4.74 Å². The lowest BCUT2D eigenvalue weighted by molar-refractivity contribution is 0.357. The number of ether oxygens (including phenoxy) is 1. The van der Waals surface area contributed by atoms with Crippen LogP contribution < -0.4 is 10.1 Å². The van der Waals surface area contributed by atoms with Gasteiger partial charge in [0.05, 0.1) is 12.1 Å². The minimum Gasteiger partial charge on any atom is -0.493 e. The van der Waals surface area contributed by atoms with E-state index >= 15 is 0 Å². The average molecular weight is 228 g/mol. The predicted octanol–water partition coefficient (Wildman–Crippen LogP) is 2.39.